The van der Waals surface area contributed by atoms with Crippen molar-refractivity contribution in [2.75, 3.05) is 49.3 Å². The number of nitrogens with one attached hydrogen (secondary N) is 4. The molecule has 0 aromatic carbocycles. The first-order valence-corrected chi connectivity index (χ1v) is 33.4. The van der Waals surface area contributed by atoms with Crippen molar-refractivity contribution in [2.24, 2.45) is 47.3 Å². The molecule has 11 amide bonds. The monoisotopic (exact) mass is 1290 g/mol. The first-order chi connectivity index (χ1) is 42.0. The summed E-state index contributed by atoms with van der Waals surface area (Å²) in [7, 11) is 10.1. The van der Waals surface area contributed by atoms with Crippen LogP contribution in [0, 0.1) is 47.3 Å². The van der Waals surface area contributed by atoms with Crippen LogP contribution in [0.1, 0.15) is 190 Å². The molecule has 0 radical (unpaired) electrons. The van der Waals surface area contributed by atoms with Crippen LogP contribution in [0.3, 0.4) is 0 Å². The first-order valence-electron chi connectivity index (χ1n) is 33.4. The Bertz CT molecular complexity index is 2430. The van der Waals surface area contributed by atoms with E-state index in [0.29, 0.717) is 6.42 Å². The summed E-state index contributed by atoms with van der Waals surface area (Å²) in [5.41, 5.74) is 0. The fourth-order valence-electron chi connectivity index (χ4n) is 11.5. The summed E-state index contributed by atoms with van der Waals surface area (Å²) in [6.45, 7) is 37.8. The molecule has 5 unspecified atom stereocenters. The number of nitrogens with zero attached hydrogens (tertiary/aromatic N) is 7. The number of carbonyl (C=O) groups is 11. The molecule has 1 rings (SSSR count). The lowest BCUT2D eigenvalue weighted by molar-refractivity contribution is -0.157. The fraction of sp³-hybridized carbons (Fsp3) is 0.809. The van der Waals surface area contributed by atoms with Gasteiger partial charge < -0.3 is 60.7 Å². The highest BCUT2D eigenvalue weighted by Gasteiger charge is 2.46. The lowest BCUT2D eigenvalue weighted by atomic mass is 9.91. The van der Waals surface area contributed by atoms with Gasteiger partial charge in [-0.2, -0.15) is 0 Å². The van der Waals surface area contributed by atoms with Gasteiger partial charge in [0.15, 0.2) is 0 Å². The second-order valence-corrected chi connectivity index (χ2v) is 27.9. The van der Waals surface area contributed by atoms with E-state index in [0.717, 1.165) is 4.90 Å². The Morgan fingerprint density at radius 3 is 1.12 bits per heavy atom. The first kappa shape index (κ1) is 84.9. The molecule has 5 N–H and O–H groups in total. The van der Waals surface area contributed by atoms with E-state index in [2.05, 4.69) is 21.3 Å². The van der Waals surface area contributed by atoms with Gasteiger partial charge in [-0.05, 0) is 113 Å². The van der Waals surface area contributed by atoms with Gasteiger partial charge in [0, 0.05) is 49.3 Å². The van der Waals surface area contributed by atoms with Gasteiger partial charge in [-0.1, -0.05) is 137 Å². The van der Waals surface area contributed by atoms with Crippen molar-refractivity contribution in [1.29, 1.82) is 0 Å². The third kappa shape index (κ3) is 24.4. The van der Waals surface area contributed by atoms with Crippen LogP contribution in [0.4, 0.5) is 0 Å². The molecule has 23 heteroatoms. The minimum Gasteiger partial charge on any atom is -0.390 e. The van der Waals surface area contributed by atoms with E-state index in [9.17, 15) is 33.9 Å². The molecule has 1 fully saturated rings. The van der Waals surface area contributed by atoms with E-state index >= 15 is 24.0 Å². The molecule has 0 aliphatic carbocycles. The maximum Gasteiger partial charge on any atom is 0.246 e. The SMILES string of the molecule is C/C=C/CC(C)[C@@H](O)[C@H]1C(=O)N[C@@H](CC)C(=O)N(C)[C@@H](CC(C)C)C(=O)N(C)[C@@H](CC(C)C)C(=O)N[C@@H](C(C)C)C(=O)N(C)C(CC(C)C)C(=O)N[C@@H](C)C(=O)NC(C)C(=O)N(C)C(CC(C)C)C(=O)N(C)C(CC(C)C)C(=O)N(C)[C@@H](C(C)C)C(=O)N1C.CC. The Labute approximate surface area is 548 Å². The molecular weight excluding hydrogens is 1160 g/mol. The minimum atomic E-state index is -1.62. The number of likely N-dealkylation sites (N-methyl/N-ethyl adjacent to an activating group) is 7. The van der Waals surface area contributed by atoms with Gasteiger partial charge in [-0.25, -0.2) is 0 Å². The smallest absolute Gasteiger partial charge is 0.246 e. The highest BCUT2D eigenvalue weighted by atomic mass is 16.3. The van der Waals surface area contributed by atoms with E-state index in [4.69, 9.17) is 0 Å². The minimum absolute atomic E-state index is 0.0173. The van der Waals surface area contributed by atoms with Gasteiger partial charge in [-0.3, -0.25) is 52.7 Å². The lowest BCUT2D eigenvalue weighted by Gasteiger charge is -2.41. The molecular formula is C68H125N11O12. The third-order valence-corrected chi connectivity index (χ3v) is 17.1. The Hall–Kier alpha value is -6.13. The largest absolute Gasteiger partial charge is 0.390 e. The van der Waals surface area contributed by atoms with E-state index in [1.807, 2.05) is 96.1 Å². The molecule has 0 spiro atoms. The van der Waals surface area contributed by atoms with Gasteiger partial charge in [0.05, 0.1) is 6.10 Å². The van der Waals surface area contributed by atoms with Crippen molar-refractivity contribution < 1.29 is 57.8 Å². The molecule has 524 valence electrons. The van der Waals surface area contributed by atoms with Gasteiger partial charge in [0.2, 0.25) is 65.0 Å². The summed E-state index contributed by atoms with van der Waals surface area (Å²) >= 11 is 0. The van der Waals surface area contributed by atoms with Crippen molar-refractivity contribution in [2.45, 2.75) is 263 Å². The van der Waals surface area contributed by atoms with E-state index in [1.165, 1.54) is 92.6 Å². The summed E-state index contributed by atoms with van der Waals surface area (Å²) in [5, 5.41) is 23.4. The highest BCUT2D eigenvalue weighted by molar-refractivity contribution is 6.00. The van der Waals surface area contributed by atoms with Gasteiger partial charge in [0.1, 0.15) is 66.5 Å². The van der Waals surface area contributed by atoms with E-state index in [-0.39, 0.29) is 68.1 Å². The van der Waals surface area contributed by atoms with Gasteiger partial charge >= 0.3 is 0 Å². The Balaban J connectivity index is 0.0000401. The van der Waals surface area contributed by atoms with Crippen LogP contribution in [0.5, 0.6) is 0 Å². The van der Waals surface area contributed by atoms with Crippen LogP contribution < -0.4 is 21.3 Å². The number of amides is 11. The number of rotatable bonds is 17. The summed E-state index contributed by atoms with van der Waals surface area (Å²) in [4.78, 5) is 172. The average Bonchev–Trinajstić information content (AvgIpc) is 1.31. The molecule has 0 aromatic heterocycles. The fourth-order valence-corrected chi connectivity index (χ4v) is 11.5. The number of carbonyl (C=O) groups excluding carboxylic acids is 11. The van der Waals surface area contributed by atoms with Crippen molar-refractivity contribution in [3.8, 4) is 0 Å². The van der Waals surface area contributed by atoms with Crippen molar-refractivity contribution in [3.63, 3.8) is 0 Å². The molecule has 0 bridgehead atoms. The zero-order valence-electron chi connectivity index (χ0n) is 61.2. The second kappa shape index (κ2) is 39.4. The lowest BCUT2D eigenvalue weighted by Crippen LogP contribution is -2.64. The molecule has 0 aromatic rings. The Morgan fingerprint density at radius 2 is 0.736 bits per heavy atom. The summed E-state index contributed by atoms with van der Waals surface area (Å²) < 4.78 is 0. The van der Waals surface area contributed by atoms with E-state index in [1.54, 1.807) is 47.6 Å². The topological polar surface area (TPSA) is 279 Å². The molecule has 13 atom stereocenters. The number of aliphatic hydroxyl groups excluding tert-OH is 1. The van der Waals surface area contributed by atoms with Gasteiger partial charge in [-0.15, -0.1) is 0 Å². The molecule has 1 aliphatic heterocycles. The maximum atomic E-state index is 15.3. The van der Waals surface area contributed by atoms with Gasteiger partial charge in [0.25, 0.3) is 0 Å². The predicted octanol–water partition coefficient (Wildman–Crippen LogP) is 5.71. The molecule has 1 heterocycles. The molecule has 0 saturated carbocycles. The molecule has 1 aliphatic rings. The van der Waals surface area contributed by atoms with Crippen molar-refractivity contribution in [1.82, 2.24) is 55.6 Å². The molecule has 91 heavy (non-hydrogen) atoms. The normalized spacial score (nSPS) is 26.6. The zero-order valence-corrected chi connectivity index (χ0v) is 61.2. The van der Waals surface area contributed by atoms with Crippen LogP contribution in [0.2, 0.25) is 0 Å². The molecule has 23 nitrogen and oxygen atoms in total. The number of allylic oxidation sites excluding steroid dienone is 2. The summed E-state index contributed by atoms with van der Waals surface area (Å²) in [6.07, 6.45) is 3.17. The van der Waals surface area contributed by atoms with Crippen LogP contribution in [0.25, 0.3) is 0 Å². The maximum absolute atomic E-state index is 15.3. The van der Waals surface area contributed by atoms with Crippen LogP contribution in [0.15, 0.2) is 12.2 Å². The standard InChI is InChI=1S/C66H119N11O12.C2H6/c1-27-29-30-43(17)55(78)54-59(82)69-46(28-2)61(84)74(23)50(34-39(9)10)62(85)71(20)48(32-37(5)6)58(81)70-52(41(13)14)65(88)72(21)47(31-36(3)4)57(80)67-44(18)56(79)68-45(19)60(83)73(22)49(33-38(7)8)63(86)75(24)51(35-40(11)12)64(87)76(25)53(42(15)16)66(89)77(54)26;1-2/h27,29,36-55,78H,28,30-35H2,1-26H3,(H,67,80)(H,68,79)(H,69,82)(H,70,81);1-2H3/b29-27+;/t43?,44-,45?,46-,47?,48-,49?,50-,51?,52-,53-,54-,55+;/m0./s1. The summed E-state index contributed by atoms with van der Waals surface area (Å²) in [5.74, 6) is -9.83. The van der Waals surface area contributed by atoms with Crippen LogP contribution in [-0.2, 0) is 52.7 Å². The quantitative estimate of drug-likeness (QED) is 0.110. The second-order valence-electron chi connectivity index (χ2n) is 27.9. The Morgan fingerprint density at radius 1 is 0.396 bits per heavy atom. The van der Waals surface area contributed by atoms with E-state index < -0.39 is 155 Å². The summed E-state index contributed by atoms with van der Waals surface area (Å²) in [6, 6.07) is -13.6. The number of aliphatic hydroxyl groups is 1. The van der Waals surface area contributed by atoms with Crippen LogP contribution in [-0.4, -0.2) is 226 Å². The number of hydrogen-bond donors (Lipinski definition) is 5. The van der Waals surface area contributed by atoms with Crippen molar-refractivity contribution >= 4 is 65.0 Å². The zero-order chi connectivity index (χ0) is 71.1. The predicted molar refractivity (Wildman–Crippen MR) is 358 cm³/mol. The third-order valence-electron chi connectivity index (χ3n) is 17.1. The number of hydrogen-bond acceptors (Lipinski definition) is 12. The molecule has 1 saturated heterocycles. The van der Waals surface area contributed by atoms with Crippen molar-refractivity contribution in [3.05, 3.63) is 12.2 Å². The average molecular weight is 1290 g/mol. The Kier molecular flexibility index (Phi) is 36.8. The van der Waals surface area contributed by atoms with Crippen LogP contribution >= 0.6 is 0 Å². The highest BCUT2D eigenvalue weighted by Crippen LogP contribution is 2.26.